The number of hydrogen-bond acceptors (Lipinski definition) is 12. The predicted octanol–water partition coefficient (Wildman–Crippen LogP) is 7.03. The molecule has 0 heterocycles. The van der Waals surface area contributed by atoms with E-state index in [1.807, 2.05) is 13.8 Å². The van der Waals surface area contributed by atoms with Crippen LogP contribution in [0.5, 0.6) is 0 Å². The van der Waals surface area contributed by atoms with Crippen molar-refractivity contribution < 1.29 is 90.0 Å². The van der Waals surface area contributed by atoms with Gasteiger partial charge in [0, 0.05) is 10.8 Å². The number of carboxylic acids is 6. The summed E-state index contributed by atoms with van der Waals surface area (Å²) in [4.78, 5) is 61.2. The van der Waals surface area contributed by atoms with Crippen LogP contribution < -0.4 is 0 Å². The quantitative estimate of drug-likeness (QED) is 0.0521. The van der Waals surface area contributed by atoms with E-state index in [2.05, 4.69) is 0 Å². The third kappa shape index (κ3) is 29.7. The fourth-order valence-corrected chi connectivity index (χ4v) is 4.46. The lowest BCUT2D eigenvalue weighted by Crippen LogP contribution is -2.32. The van der Waals surface area contributed by atoms with E-state index >= 15 is 0 Å². The number of carbonyl (C=O) groups is 6. The van der Waals surface area contributed by atoms with Gasteiger partial charge in [-0.15, -0.1) is 0 Å². The van der Waals surface area contributed by atoms with Crippen molar-refractivity contribution in [1.82, 2.24) is 0 Å². The zero-order valence-corrected chi connectivity index (χ0v) is 39.8. The zero-order chi connectivity index (χ0) is 54.8. The molecule has 6 aromatic rings. The van der Waals surface area contributed by atoms with Gasteiger partial charge in [-0.05, 0) is 85.6 Å². The van der Waals surface area contributed by atoms with E-state index < -0.39 is 46.6 Å². The Morgan fingerprint density at radius 1 is 0.264 bits per heavy atom. The highest BCUT2D eigenvalue weighted by Gasteiger charge is 2.25. The van der Waals surface area contributed by atoms with E-state index in [4.69, 9.17) is 61.3 Å². The molecule has 0 spiro atoms. The van der Waals surface area contributed by atoms with Gasteiger partial charge < -0.3 is 61.3 Å². The van der Waals surface area contributed by atoms with E-state index in [-0.39, 0.29) is 39.6 Å². The summed E-state index contributed by atoms with van der Waals surface area (Å²) in [5.41, 5.74) is 0.653. The molecule has 0 saturated carbocycles. The Hall–Kier alpha value is -8.10. The second kappa shape index (κ2) is 39.7. The van der Waals surface area contributed by atoms with Crippen molar-refractivity contribution in [3.63, 3.8) is 0 Å². The molecule has 0 atom stereocenters. The van der Waals surface area contributed by atoms with Crippen LogP contribution in [-0.2, 0) is 0 Å². The molecule has 0 aliphatic heterocycles. The Kier molecular flexibility index (Phi) is 36.4. The summed E-state index contributed by atoms with van der Waals surface area (Å²) < 4.78 is 0. The van der Waals surface area contributed by atoms with Crippen LogP contribution in [-0.4, -0.2) is 137 Å². The Morgan fingerprint density at radius 2 is 0.375 bits per heavy atom. The van der Waals surface area contributed by atoms with E-state index in [1.54, 1.807) is 182 Å². The summed E-state index contributed by atoms with van der Waals surface area (Å²) in [7, 11) is 0. The van der Waals surface area contributed by atoms with Gasteiger partial charge in [0.2, 0.25) is 0 Å². The van der Waals surface area contributed by atoms with Crippen LogP contribution in [0.15, 0.2) is 182 Å². The summed E-state index contributed by atoms with van der Waals surface area (Å²) in [6.07, 6.45) is 1.19. The molecule has 0 fully saturated rings. The smallest absolute Gasteiger partial charge is 0.335 e. The second-order valence-corrected chi connectivity index (χ2v) is 14.7. The number of rotatable bonds is 14. The number of aliphatic hydroxyl groups excluding tert-OH is 6. The van der Waals surface area contributed by atoms with Gasteiger partial charge in [-0.1, -0.05) is 123 Å². The standard InChI is InChI=1S/6C7H6O2.2C6H14O3/c6*8-7(9)6-4-2-1-3-5-6;2*1-2-6(3-7,4-8)5-9/h6*1-5H,(H,8,9);2*7-9H,2-5H2,1H3. The molecule has 18 nitrogen and oxygen atoms in total. The highest BCUT2D eigenvalue weighted by molar-refractivity contribution is 5.89. The van der Waals surface area contributed by atoms with Crippen molar-refractivity contribution in [2.24, 2.45) is 10.8 Å². The number of benzene rings is 6. The van der Waals surface area contributed by atoms with Crippen LogP contribution in [0.2, 0.25) is 0 Å². The summed E-state index contributed by atoms with van der Waals surface area (Å²) in [5.74, 6) is -5.27. The van der Waals surface area contributed by atoms with Crippen LogP contribution in [0.3, 0.4) is 0 Å². The van der Waals surface area contributed by atoms with Gasteiger partial charge in [0.1, 0.15) is 0 Å². The van der Waals surface area contributed by atoms with Gasteiger partial charge >= 0.3 is 35.8 Å². The van der Waals surface area contributed by atoms with Crippen molar-refractivity contribution in [3.8, 4) is 0 Å². The van der Waals surface area contributed by atoms with Gasteiger partial charge in [-0.2, -0.15) is 0 Å². The van der Waals surface area contributed by atoms with E-state index in [9.17, 15) is 28.8 Å². The molecule has 6 rings (SSSR count). The van der Waals surface area contributed by atoms with Gasteiger partial charge in [-0.25, -0.2) is 28.8 Å². The summed E-state index contributed by atoms with van der Waals surface area (Å²) in [5, 5.41) is 102. The first-order valence-electron chi connectivity index (χ1n) is 21.7. The second-order valence-electron chi connectivity index (χ2n) is 14.7. The Balaban J connectivity index is 0. The van der Waals surface area contributed by atoms with Gasteiger partial charge in [0.25, 0.3) is 0 Å². The lowest BCUT2D eigenvalue weighted by molar-refractivity contribution is 0.00275. The molecule has 0 amide bonds. The maximum Gasteiger partial charge on any atom is 0.335 e. The van der Waals surface area contributed by atoms with E-state index in [1.165, 1.54) is 0 Å². The molecule has 18 heteroatoms. The minimum atomic E-state index is -0.879. The minimum absolute atomic E-state index is 0.156. The maximum atomic E-state index is 10.2. The van der Waals surface area contributed by atoms with Gasteiger partial charge in [0.05, 0.1) is 73.0 Å². The number of aromatic carboxylic acids is 6. The molecule has 0 aliphatic rings. The molecule has 0 aromatic heterocycles. The Morgan fingerprint density at radius 3 is 0.417 bits per heavy atom. The molecule has 72 heavy (non-hydrogen) atoms. The van der Waals surface area contributed by atoms with E-state index in [0.29, 0.717) is 46.2 Å². The molecule has 0 aliphatic carbocycles. The molecule has 0 bridgehead atoms. The molecule has 0 saturated heterocycles. The first-order valence-corrected chi connectivity index (χ1v) is 21.7. The lowest BCUT2D eigenvalue weighted by atomic mass is 9.88. The molecular weight excluding hydrogens is 937 g/mol. The van der Waals surface area contributed by atoms with Crippen LogP contribution in [0, 0.1) is 10.8 Å². The summed E-state index contributed by atoms with van der Waals surface area (Å²) >= 11 is 0. The van der Waals surface area contributed by atoms with Crippen molar-refractivity contribution in [2.45, 2.75) is 26.7 Å². The van der Waals surface area contributed by atoms with Gasteiger partial charge in [-0.3, -0.25) is 0 Å². The van der Waals surface area contributed by atoms with Crippen LogP contribution in [0.1, 0.15) is 88.8 Å². The highest BCUT2D eigenvalue weighted by atomic mass is 16.4. The SMILES string of the molecule is CCC(CO)(CO)CO.CCC(CO)(CO)CO.O=C(O)c1ccccc1.O=C(O)c1ccccc1.O=C(O)c1ccccc1.O=C(O)c1ccccc1.O=C(O)c1ccccc1.O=C(O)c1ccccc1. The molecular formula is C54H64O18. The molecule has 6 aromatic carbocycles. The Labute approximate surface area is 417 Å². The first kappa shape index (κ1) is 66.0. The topological polar surface area (TPSA) is 345 Å². The third-order valence-corrected chi connectivity index (χ3v) is 9.64. The Bertz CT molecular complexity index is 1900. The summed E-state index contributed by atoms with van der Waals surface area (Å²) in [6, 6.07) is 49.8. The monoisotopic (exact) mass is 1000 g/mol. The number of aliphatic hydroxyl groups is 6. The highest BCUT2D eigenvalue weighted by Crippen LogP contribution is 2.19. The lowest BCUT2D eigenvalue weighted by Gasteiger charge is -2.24. The normalized spacial score (nSPS) is 9.67. The van der Waals surface area contributed by atoms with Crippen molar-refractivity contribution in [1.29, 1.82) is 0 Å². The van der Waals surface area contributed by atoms with Crippen LogP contribution >= 0.6 is 0 Å². The average molecular weight is 1000 g/mol. The molecule has 0 radical (unpaired) electrons. The molecule has 0 unspecified atom stereocenters. The minimum Gasteiger partial charge on any atom is -0.478 e. The maximum absolute atomic E-state index is 10.2. The van der Waals surface area contributed by atoms with Crippen molar-refractivity contribution >= 4 is 35.8 Å². The van der Waals surface area contributed by atoms with Crippen LogP contribution in [0.4, 0.5) is 0 Å². The largest absolute Gasteiger partial charge is 0.478 e. The number of carboxylic acid groups (broad SMARTS) is 6. The average Bonchev–Trinajstić information content (AvgIpc) is 3.43. The third-order valence-electron chi connectivity index (χ3n) is 9.64. The fourth-order valence-electron chi connectivity index (χ4n) is 4.46. The first-order chi connectivity index (χ1) is 34.3. The predicted molar refractivity (Wildman–Crippen MR) is 268 cm³/mol. The zero-order valence-electron chi connectivity index (χ0n) is 39.8. The van der Waals surface area contributed by atoms with Gasteiger partial charge in [0.15, 0.2) is 0 Å². The van der Waals surface area contributed by atoms with Crippen molar-refractivity contribution in [3.05, 3.63) is 215 Å². The fraction of sp³-hybridized carbons (Fsp3) is 0.222. The number of hydrogen-bond donors (Lipinski definition) is 12. The molecule has 388 valence electrons. The van der Waals surface area contributed by atoms with Crippen molar-refractivity contribution in [2.75, 3.05) is 39.6 Å². The van der Waals surface area contributed by atoms with Crippen LogP contribution in [0.25, 0.3) is 0 Å². The van der Waals surface area contributed by atoms with E-state index in [0.717, 1.165) is 0 Å². The molecule has 12 N–H and O–H groups in total. The summed E-state index contributed by atoms with van der Waals surface area (Å²) in [6.45, 7) is 2.71.